The molecule has 1 fully saturated rings. The maximum absolute atomic E-state index is 10.8. The highest BCUT2D eigenvalue weighted by molar-refractivity contribution is 5.69. The standard InChI is InChI=1S/C13H26N2O2/c1-3-5-8-14-9-6-12(7-10-14)15(4-2)11-13(16)17/h12H,3-11H2,1-2H3,(H,16,17). The van der Waals surface area contributed by atoms with Gasteiger partial charge in [-0.05, 0) is 45.4 Å². The summed E-state index contributed by atoms with van der Waals surface area (Å²) < 4.78 is 0. The minimum atomic E-state index is -0.708. The third-order valence-corrected chi connectivity index (χ3v) is 3.65. The third kappa shape index (κ3) is 5.04. The molecule has 1 aliphatic rings. The highest BCUT2D eigenvalue weighted by atomic mass is 16.4. The van der Waals surface area contributed by atoms with E-state index in [0.29, 0.717) is 6.04 Å². The van der Waals surface area contributed by atoms with Gasteiger partial charge in [-0.3, -0.25) is 9.69 Å². The average molecular weight is 242 g/mol. The third-order valence-electron chi connectivity index (χ3n) is 3.65. The molecule has 0 radical (unpaired) electrons. The lowest BCUT2D eigenvalue weighted by Crippen LogP contribution is -2.46. The van der Waals surface area contributed by atoms with Gasteiger partial charge in [0.25, 0.3) is 0 Å². The van der Waals surface area contributed by atoms with Crippen LogP contribution in [0, 0.1) is 0 Å². The summed E-state index contributed by atoms with van der Waals surface area (Å²) in [6.07, 6.45) is 4.76. The number of piperidine rings is 1. The Morgan fingerprint density at radius 2 is 2.00 bits per heavy atom. The van der Waals surface area contributed by atoms with E-state index in [1.165, 1.54) is 19.4 Å². The van der Waals surface area contributed by atoms with Crippen molar-refractivity contribution >= 4 is 5.97 Å². The molecule has 4 heteroatoms. The van der Waals surface area contributed by atoms with E-state index in [1.54, 1.807) is 0 Å². The van der Waals surface area contributed by atoms with Crippen LogP contribution in [0.1, 0.15) is 39.5 Å². The minimum absolute atomic E-state index is 0.191. The molecule has 0 saturated carbocycles. The molecule has 1 N–H and O–H groups in total. The van der Waals surface area contributed by atoms with E-state index in [0.717, 1.165) is 32.5 Å². The van der Waals surface area contributed by atoms with Crippen LogP contribution in [0.4, 0.5) is 0 Å². The van der Waals surface area contributed by atoms with Gasteiger partial charge in [0.2, 0.25) is 0 Å². The molecule has 0 amide bonds. The fourth-order valence-corrected chi connectivity index (χ4v) is 2.56. The van der Waals surface area contributed by atoms with Crippen LogP contribution in [-0.4, -0.2) is 59.6 Å². The number of aliphatic carboxylic acids is 1. The first kappa shape index (κ1) is 14.5. The number of hydrogen-bond acceptors (Lipinski definition) is 3. The van der Waals surface area contributed by atoms with Gasteiger partial charge in [0, 0.05) is 6.04 Å². The number of rotatable bonds is 7. The second-order valence-electron chi connectivity index (χ2n) is 4.88. The van der Waals surface area contributed by atoms with E-state index in [4.69, 9.17) is 5.11 Å². The predicted molar refractivity (Wildman–Crippen MR) is 69.3 cm³/mol. The van der Waals surface area contributed by atoms with Crippen molar-refractivity contribution < 1.29 is 9.90 Å². The minimum Gasteiger partial charge on any atom is -0.480 e. The number of likely N-dealkylation sites (N-methyl/N-ethyl adjacent to an activating group) is 1. The summed E-state index contributed by atoms with van der Waals surface area (Å²) in [5.41, 5.74) is 0. The lowest BCUT2D eigenvalue weighted by molar-refractivity contribution is -0.139. The molecule has 1 rings (SSSR count). The topological polar surface area (TPSA) is 43.8 Å². The van der Waals surface area contributed by atoms with Crippen molar-refractivity contribution in [3.05, 3.63) is 0 Å². The molecular weight excluding hydrogens is 216 g/mol. The van der Waals surface area contributed by atoms with Gasteiger partial charge in [0.1, 0.15) is 0 Å². The monoisotopic (exact) mass is 242 g/mol. The molecule has 0 unspecified atom stereocenters. The number of nitrogens with zero attached hydrogens (tertiary/aromatic N) is 2. The predicted octanol–water partition coefficient (Wildman–Crippen LogP) is 1.66. The Morgan fingerprint density at radius 1 is 1.35 bits per heavy atom. The number of carboxylic acid groups (broad SMARTS) is 1. The summed E-state index contributed by atoms with van der Waals surface area (Å²) in [7, 11) is 0. The molecule has 0 aliphatic carbocycles. The van der Waals surface area contributed by atoms with Crippen LogP contribution in [0.25, 0.3) is 0 Å². The highest BCUT2D eigenvalue weighted by Crippen LogP contribution is 2.16. The van der Waals surface area contributed by atoms with E-state index >= 15 is 0 Å². The van der Waals surface area contributed by atoms with Crippen molar-refractivity contribution in [3.8, 4) is 0 Å². The normalized spacial score (nSPS) is 18.8. The number of unbranched alkanes of at least 4 members (excludes halogenated alkanes) is 1. The lowest BCUT2D eigenvalue weighted by Gasteiger charge is -2.37. The summed E-state index contributed by atoms with van der Waals surface area (Å²) in [5.74, 6) is -0.708. The Bertz CT molecular complexity index is 225. The van der Waals surface area contributed by atoms with Crippen molar-refractivity contribution in [2.45, 2.75) is 45.6 Å². The summed E-state index contributed by atoms with van der Waals surface area (Å²) >= 11 is 0. The fraction of sp³-hybridized carbons (Fsp3) is 0.923. The van der Waals surface area contributed by atoms with Crippen molar-refractivity contribution in [2.75, 3.05) is 32.7 Å². The number of hydrogen-bond donors (Lipinski definition) is 1. The first-order chi connectivity index (χ1) is 8.17. The molecule has 0 aromatic carbocycles. The molecular formula is C13H26N2O2. The highest BCUT2D eigenvalue weighted by Gasteiger charge is 2.24. The Balaban J connectivity index is 2.31. The van der Waals surface area contributed by atoms with Gasteiger partial charge in [-0.1, -0.05) is 20.3 Å². The smallest absolute Gasteiger partial charge is 0.317 e. The van der Waals surface area contributed by atoms with Crippen LogP contribution in [0.5, 0.6) is 0 Å². The zero-order valence-electron chi connectivity index (χ0n) is 11.2. The van der Waals surface area contributed by atoms with Crippen molar-refractivity contribution in [3.63, 3.8) is 0 Å². The van der Waals surface area contributed by atoms with Gasteiger partial charge in [-0.15, -0.1) is 0 Å². The molecule has 100 valence electrons. The number of carboxylic acids is 1. The Kier molecular flexibility index (Phi) is 6.52. The Hall–Kier alpha value is -0.610. The van der Waals surface area contributed by atoms with Crippen molar-refractivity contribution in [1.82, 2.24) is 9.80 Å². The molecule has 0 bridgehead atoms. The van der Waals surface area contributed by atoms with Crippen molar-refractivity contribution in [2.24, 2.45) is 0 Å². The largest absolute Gasteiger partial charge is 0.480 e. The second kappa shape index (κ2) is 7.67. The van der Waals surface area contributed by atoms with E-state index < -0.39 is 5.97 Å². The van der Waals surface area contributed by atoms with Crippen LogP contribution in [-0.2, 0) is 4.79 Å². The summed E-state index contributed by atoms with van der Waals surface area (Å²) in [5, 5.41) is 8.86. The maximum Gasteiger partial charge on any atom is 0.317 e. The molecule has 0 aromatic heterocycles. The first-order valence-electron chi connectivity index (χ1n) is 6.85. The summed E-state index contributed by atoms with van der Waals surface area (Å²) in [4.78, 5) is 15.4. The van der Waals surface area contributed by atoms with Crippen molar-refractivity contribution in [1.29, 1.82) is 0 Å². The van der Waals surface area contributed by atoms with E-state index in [2.05, 4.69) is 16.7 Å². The van der Waals surface area contributed by atoms with Gasteiger partial charge >= 0.3 is 5.97 Å². The summed E-state index contributed by atoms with van der Waals surface area (Å²) in [6, 6.07) is 0.467. The Labute approximate surface area is 105 Å². The fourth-order valence-electron chi connectivity index (χ4n) is 2.56. The zero-order valence-corrected chi connectivity index (χ0v) is 11.2. The quantitative estimate of drug-likeness (QED) is 0.737. The molecule has 1 saturated heterocycles. The molecule has 4 nitrogen and oxygen atoms in total. The van der Waals surface area contributed by atoms with Gasteiger partial charge in [0.05, 0.1) is 6.54 Å². The SMILES string of the molecule is CCCCN1CCC(N(CC)CC(=O)O)CC1. The van der Waals surface area contributed by atoms with Crippen LogP contribution < -0.4 is 0 Å². The Morgan fingerprint density at radius 3 is 2.47 bits per heavy atom. The molecule has 0 atom stereocenters. The van der Waals surface area contributed by atoms with Crippen LogP contribution in [0.15, 0.2) is 0 Å². The number of carbonyl (C=O) groups is 1. The van der Waals surface area contributed by atoms with Crippen LogP contribution in [0.3, 0.4) is 0 Å². The van der Waals surface area contributed by atoms with E-state index in [1.807, 2.05) is 6.92 Å². The average Bonchev–Trinajstić information content (AvgIpc) is 2.34. The van der Waals surface area contributed by atoms with E-state index in [-0.39, 0.29) is 6.54 Å². The maximum atomic E-state index is 10.8. The molecule has 0 spiro atoms. The lowest BCUT2D eigenvalue weighted by atomic mass is 10.0. The first-order valence-corrected chi connectivity index (χ1v) is 6.85. The van der Waals surface area contributed by atoms with Crippen LogP contribution >= 0.6 is 0 Å². The molecule has 0 aromatic rings. The molecule has 1 heterocycles. The number of likely N-dealkylation sites (tertiary alicyclic amines) is 1. The molecule has 17 heavy (non-hydrogen) atoms. The van der Waals surface area contributed by atoms with Gasteiger partial charge in [-0.2, -0.15) is 0 Å². The molecule has 1 aliphatic heterocycles. The van der Waals surface area contributed by atoms with Gasteiger partial charge in [0.15, 0.2) is 0 Å². The summed E-state index contributed by atoms with van der Waals surface area (Å²) in [6.45, 7) is 8.75. The van der Waals surface area contributed by atoms with Crippen LogP contribution in [0.2, 0.25) is 0 Å². The zero-order chi connectivity index (χ0) is 12.7. The van der Waals surface area contributed by atoms with Gasteiger partial charge < -0.3 is 10.0 Å². The van der Waals surface area contributed by atoms with Gasteiger partial charge in [-0.25, -0.2) is 0 Å². The van der Waals surface area contributed by atoms with E-state index in [9.17, 15) is 4.79 Å². The second-order valence-corrected chi connectivity index (χ2v) is 4.88.